The molecule has 7 nitrogen and oxygen atoms in total. The van der Waals surface area contributed by atoms with Gasteiger partial charge in [0.1, 0.15) is 23.2 Å². The van der Waals surface area contributed by atoms with Gasteiger partial charge in [-0.3, -0.25) is 14.9 Å². The molecule has 1 amide bonds. The minimum Gasteiger partial charge on any atom is -0.457 e. The molecular weight excluding hydrogens is 394 g/mol. The number of amides is 1. The van der Waals surface area contributed by atoms with Crippen LogP contribution in [0.3, 0.4) is 0 Å². The van der Waals surface area contributed by atoms with E-state index in [9.17, 15) is 20.2 Å². The van der Waals surface area contributed by atoms with Gasteiger partial charge in [0.2, 0.25) is 0 Å². The topological polar surface area (TPSA) is 109 Å². The quantitative estimate of drug-likeness (QED) is 0.265. The van der Waals surface area contributed by atoms with Gasteiger partial charge in [-0.05, 0) is 42.8 Å². The summed E-state index contributed by atoms with van der Waals surface area (Å²) in [5.74, 6) is 0.0587. The van der Waals surface area contributed by atoms with E-state index < -0.39 is 10.8 Å². The molecule has 0 saturated heterocycles. The summed E-state index contributed by atoms with van der Waals surface area (Å²) in [7, 11) is 0. The minimum atomic E-state index is -0.591. The Hall–Kier alpha value is -3.89. The molecule has 1 N–H and O–H groups in total. The molecule has 8 heteroatoms. The van der Waals surface area contributed by atoms with Crippen molar-refractivity contribution >= 4 is 35.0 Å². The van der Waals surface area contributed by atoms with Gasteiger partial charge >= 0.3 is 0 Å². The number of nitrogens with zero attached hydrogens (tertiary/aromatic N) is 2. The molecule has 0 bridgehead atoms. The molecule has 0 saturated carbocycles. The lowest BCUT2D eigenvalue weighted by Gasteiger charge is -2.07. The number of hydrogen-bond donors (Lipinski definition) is 1. The number of carbonyl (C=O) groups excluding carboxylic acids is 1. The summed E-state index contributed by atoms with van der Waals surface area (Å²) >= 11 is 5.90. The molecule has 0 aliphatic carbocycles. The number of nitrogens with one attached hydrogen (secondary N) is 1. The molecule has 0 unspecified atom stereocenters. The number of nitriles is 1. The molecule has 0 radical (unpaired) electrons. The average Bonchev–Trinajstić information content (AvgIpc) is 3.17. The van der Waals surface area contributed by atoms with E-state index in [1.165, 1.54) is 18.2 Å². The molecule has 0 atom stereocenters. The van der Waals surface area contributed by atoms with Crippen LogP contribution >= 0.6 is 11.6 Å². The minimum absolute atomic E-state index is 0.0635. The van der Waals surface area contributed by atoms with Gasteiger partial charge in [0.05, 0.1) is 4.92 Å². The first-order chi connectivity index (χ1) is 13.9. The largest absolute Gasteiger partial charge is 0.457 e. The Bertz CT molecular complexity index is 1170. The van der Waals surface area contributed by atoms with E-state index in [1.54, 1.807) is 49.4 Å². The van der Waals surface area contributed by atoms with Crippen LogP contribution < -0.4 is 5.32 Å². The van der Waals surface area contributed by atoms with Crippen LogP contribution in [0.15, 0.2) is 64.6 Å². The summed E-state index contributed by atoms with van der Waals surface area (Å²) in [6.45, 7) is 1.79. The second-order valence-electron chi connectivity index (χ2n) is 6.09. The number of non-ortho nitro benzene ring substituents is 1. The fourth-order valence-corrected chi connectivity index (χ4v) is 2.83. The number of benzene rings is 2. The smallest absolute Gasteiger partial charge is 0.270 e. The van der Waals surface area contributed by atoms with Crippen molar-refractivity contribution in [3.05, 3.63) is 86.6 Å². The predicted molar refractivity (Wildman–Crippen MR) is 109 cm³/mol. The van der Waals surface area contributed by atoms with Crippen molar-refractivity contribution < 1.29 is 14.1 Å². The lowest BCUT2D eigenvalue weighted by molar-refractivity contribution is -0.384. The fourth-order valence-electron chi connectivity index (χ4n) is 2.61. The Kier molecular flexibility index (Phi) is 5.77. The maximum Gasteiger partial charge on any atom is 0.270 e. The van der Waals surface area contributed by atoms with E-state index in [0.29, 0.717) is 22.0 Å². The third kappa shape index (κ3) is 4.69. The number of nitro benzene ring substituents is 1. The van der Waals surface area contributed by atoms with E-state index in [0.717, 1.165) is 5.56 Å². The Morgan fingerprint density at radius 2 is 2.03 bits per heavy atom. The summed E-state index contributed by atoms with van der Waals surface area (Å²) in [5, 5.41) is 23.5. The van der Waals surface area contributed by atoms with Gasteiger partial charge in [0, 0.05) is 34.5 Å². The van der Waals surface area contributed by atoms with E-state index in [1.807, 2.05) is 6.07 Å². The molecule has 0 spiro atoms. The van der Waals surface area contributed by atoms with Crippen LogP contribution in [0.2, 0.25) is 5.02 Å². The van der Waals surface area contributed by atoms with Gasteiger partial charge < -0.3 is 9.73 Å². The fraction of sp³-hybridized carbons (Fsp3) is 0.0476. The highest BCUT2D eigenvalue weighted by atomic mass is 35.5. The number of nitro groups is 1. The molecule has 1 aromatic heterocycles. The SMILES string of the molecule is Cc1cc(Cl)ccc1NC(=O)/C(C#N)=C/c1ccc(-c2cccc([N+](=O)[O-])c2)o1. The third-order valence-corrected chi connectivity index (χ3v) is 4.29. The highest BCUT2D eigenvalue weighted by molar-refractivity contribution is 6.30. The lowest BCUT2D eigenvalue weighted by Crippen LogP contribution is -2.14. The maximum absolute atomic E-state index is 12.4. The first-order valence-corrected chi connectivity index (χ1v) is 8.79. The molecule has 0 fully saturated rings. The van der Waals surface area contributed by atoms with E-state index in [-0.39, 0.29) is 17.0 Å². The lowest BCUT2D eigenvalue weighted by atomic mass is 10.1. The highest BCUT2D eigenvalue weighted by Crippen LogP contribution is 2.27. The Balaban J connectivity index is 1.83. The van der Waals surface area contributed by atoms with Crippen LogP contribution in [-0.2, 0) is 4.79 Å². The Labute approximate surface area is 171 Å². The second-order valence-corrected chi connectivity index (χ2v) is 6.53. The van der Waals surface area contributed by atoms with E-state index in [4.69, 9.17) is 16.0 Å². The zero-order valence-electron chi connectivity index (χ0n) is 15.2. The van der Waals surface area contributed by atoms with Crippen molar-refractivity contribution in [2.24, 2.45) is 0 Å². The summed E-state index contributed by atoms with van der Waals surface area (Å²) in [6.07, 6.45) is 1.31. The van der Waals surface area contributed by atoms with Crippen LogP contribution in [0, 0.1) is 28.4 Å². The number of rotatable bonds is 5. The zero-order valence-corrected chi connectivity index (χ0v) is 15.9. The first-order valence-electron chi connectivity index (χ1n) is 8.41. The van der Waals surface area contributed by atoms with Crippen molar-refractivity contribution in [3.8, 4) is 17.4 Å². The van der Waals surface area contributed by atoms with Gasteiger partial charge in [-0.1, -0.05) is 23.7 Å². The number of aryl methyl sites for hydroxylation is 1. The van der Waals surface area contributed by atoms with E-state index in [2.05, 4.69) is 5.32 Å². The molecule has 3 aromatic rings. The second kappa shape index (κ2) is 8.42. The van der Waals surface area contributed by atoms with Crippen LogP contribution in [0.1, 0.15) is 11.3 Å². The highest BCUT2D eigenvalue weighted by Gasteiger charge is 2.14. The van der Waals surface area contributed by atoms with Crippen LogP contribution in [-0.4, -0.2) is 10.8 Å². The average molecular weight is 408 g/mol. The Morgan fingerprint density at radius 3 is 2.72 bits per heavy atom. The number of halogens is 1. The first kappa shape index (κ1) is 19.9. The number of carbonyl (C=O) groups is 1. The van der Waals surface area contributed by atoms with Gasteiger partial charge in [-0.15, -0.1) is 0 Å². The molecule has 1 heterocycles. The van der Waals surface area contributed by atoms with Crippen molar-refractivity contribution in [3.63, 3.8) is 0 Å². The maximum atomic E-state index is 12.4. The number of furan rings is 1. The van der Waals surface area contributed by atoms with Gasteiger partial charge in [-0.2, -0.15) is 5.26 Å². The summed E-state index contributed by atoms with van der Waals surface area (Å²) in [6, 6.07) is 16.0. The van der Waals surface area contributed by atoms with Crippen molar-refractivity contribution in [2.75, 3.05) is 5.32 Å². The van der Waals surface area contributed by atoms with Crippen molar-refractivity contribution in [1.82, 2.24) is 0 Å². The zero-order chi connectivity index (χ0) is 21.0. The van der Waals surface area contributed by atoms with Gasteiger partial charge in [0.25, 0.3) is 11.6 Å². The molecule has 29 heavy (non-hydrogen) atoms. The van der Waals surface area contributed by atoms with Crippen LogP contribution in [0.4, 0.5) is 11.4 Å². The molecular formula is C21H14ClN3O4. The van der Waals surface area contributed by atoms with E-state index >= 15 is 0 Å². The molecule has 3 rings (SSSR count). The normalized spacial score (nSPS) is 11.0. The van der Waals surface area contributed by atoms with Crippen LogP contribution in [0.25, 0.3) is 17.4 Å². The Morgan fingerprint density at radius 1 is 1.24 bits per heavy atom. The summed E-state index contributed by atoms with van der Waals surface area (Å²) < 4.78 is 5.63. The molecule has 0 aliphatic heterocycles. The molecule has 144 valence electrons. The van der Waals surface area contributed by atoms with Crippen molar-refractivity contribution in [1.29, 1.82) is 5.26 Å². The number of anilines is 1. The van der Waals surface area contributed by atoms with Gasteiger partial charge in [-0.25, -0.2) is 0 Å². The molecule has 2 aromatic carbocycles. The summed E-state index contributed by atoms with van der Waals surface area (Å²) in [4.78, 5) is 22.9. The van der Waals surface area contributed by atoms with Crippen LogP contribution in [0.5, 0.6) is 0 Å². The van der Waals surface area contributed by atoms with Crippen molar-refractivity contribution in [2.45, 2.75) is 6.92 Å². The number of hydrogen-bond acceptors (Lipinski definition) is 5. The van der Waals surface area contributed by atoms with Gasteiger partial charge in [0.15, 0.2) is 0 Å². The molecule has 0 aliphatic rings. The predicted octanol–water partition coefficient (Wildman–Crippen LogP) is 5.36. The third-order valence-electron chi connectivity index (χ3n) is 4.06. The standard InChI is InChI=1S/C21H14ClN3O4/c1-13-9-16(22)5-7-19(13)24-21(26)15(12-23)11-18-6-8-20(29-18)14-3-2-4-17(10-14)25(27)28/h2-11H,1H3,(H,24,26)/b15-11+. The monoisotopic (exact) mass is 407 g/mol. The summed E-state index contributed by atoms with van der Waals surface area (Å²) in [5.41, 5.74) is 1.59.